The maximum Gasteiger partial charge on any atom is 0.239 e. The van der Waals surface area contributed by atoms with Crippen LogP contribution in [0.5, 0.6) is 0 Å². The summed E-state index contributed by atoms with van der Waals surface area (Å²) in [7, 11) is 0. The number of carbonyl (C=O) groups is 1. The predicted molar refractivity (Wildman–Crippen MR) is 56.3 cm³/mol. The lowest BCUT2D eigenvalue weighted by molar-refractivity contribution is -0.136. The van der Waals surface area contributed by atoms with Gasteiger partial charge in [-0.2, -0.15) is 0 Å². The van der Waals surface area contributed by atoms with Crippen LogP contribution >= 0.6 is 0 Å². The molecule has 1 rings (SSSR count). The molecule has 0 radical (unpaired) electrons. The van der Waals surface area contributed by atoms with Gasteiger partial charge in [-0.1, -0.05) is 0 Å². The molecule has 0 aromatic carbocycles. The Morgan fingerprint density at radius 3 is 2.67 bits per heavy atom. The quantitative estimate of drug-likeness (QED) is 0.598. The predicted octanol–water partition coefficient (Wildman–Crippen LogP) is -0.665. The third kappa shape index (κ3) is 4.15. The van der Waals surface area contributed by atoms with Crippen molar-refractivity contribution < 1.29 is 14.6 Å². The fraction of sp³-hybridized carbons (Fsp3) is 0.900. The number of ether oxygens (including phenoxy) is 1. The average Bonchev–Trinajstić information content (AvgIpc) is 2.29. The number of hydrogen-bond donors (Lipinski definition) is 2. The van der Waals surface area contributed by atoms with Gasteiger partial charge in [-0.25, -0.2) is 0 Å². The number of hydrogen-bond acceptors (Lipinski definition) is 4. The van der Waals surface area contributed by atoms with Gasteiger partial charge in [-0.3, -0.25) is 4.79 Å². The molecule has 0 spiro atoms. The summed E-state index contributed by atoms with van der Waals surface area (Å²) in [5.74, 6) is 0.0104. The highest BCUT2D eigenvalue weighted by atomic mass is 16.5. The van der Waals surface area contributed by atoms with Gasteiger partial charge in [0.15, 0.2) is 0 Å². The summed E-state index contributed by atoms with van der Waals surface area (Å²) in [6, 6.07) is -0.422. The number of nitrogens with zero attached hydrogens (tertiary/aromatic N) is 1. The first-order chi connectivity index (χ1) is 7.25. The second kappa shape index (κ2) is 6.76. The van der Waals surface area contributed by atoms with Gasteiger partial charge < -0.3 is 20.5 Å². The summed E-state index contributed by atoms with van der Waals surface area (Å²) >= 11 is 0. The highest BCUT2D eigenvalue weighted by Crippen LogP contribution is 2.05. The first kappa shape index (κ1) is 12.4. The second-order valence-corrected chi connectivity index (χ2v) is 3.76. The Morgan fingerprint density at radius 2 is 2.07 bits per heavy atom. The Labute approximate surface area is 90.2 Å². The topological polar surface area (TPSA) is 75.8 Å². The third-order valence-electron chi connectivity index (χ3n) is 2.56. The van der Waals surface area contributed by atoms with Crippen LogP contribution in [0.1, 0.15) is 19.3 Å². The molecule has 3 N–H and O–H groups in total. The SMILES string of the molecule is NC(CCCCO)C(=O)N1CCOCC1. The molecule has 0 aromatic rings. The average molecular weight is 216 g/mol. The maximum atomic E-state index is 11.8. The Kier molecular flexibility index (Phi) is 5.60. The zero-order valence-electron chi connectivity index (χ0n) is 9.02. The largest absolute Gasteiger partial charge is 0.396 e. The molecule has 1 fully saturated rings. The minimum atomic E-state index is -0.422. The van der Waals surface area contributed by atoms with Gasteiger partial charge in [0.2, 0.25) is 5.91 Å². The molecule has 88 valence electrons. The fourth-order valence-corrected chi connectivity index (χ4v) is 1.62. The van der Waals surface area contributed by atoms with Gasteiger partial charge in [0, 0.05) is 19.7 Å². The van der Waals surface area contributed by atoms with E-state index in [-0.39, 0.29) is 12.5 Å². The lowest BCUT2D eigenvalue weighted by Crippen LogP contribution is -2.48. The summed E-state index contributed by atoms with van der Waals surface area (Å²) in [5.41, 5.74) is 5.78. The van der Waals surface area contributed by atoms with Crippen molar-refractivity contribution in [3.63, 3.8) is 0 Å². The highest BCUT2D eigenvalue weighted by molar-refractivity contribution is 5.81. The molecule has 1 aliphatic rings. The molecule has 1 heterocycles. The van der Waals surface area contributed by atoms with E-state index in [2.05, 4.69) is 0 Å². The second-order valence-electron chi connectivity index (χ2n) is 3.76. The Morgan fingerprint density at radius 1 is 1.40 bits per heavy atom. The molecule has 0 bridgehead atoms. The van der Waals surface area contributed by atoms with Crippen molar-refractivity contribution in [1.29, 1.82) is 0 Å². The summed E-state index contributed by atoms with van der Waals surface area (Å²) in [5, 5.41) is 8.61. The Balaban J connectivity index is 2.24. The van der Waals surface area contributed by atoms with Crippen molar-refractivity contribution in [3.05, 3.63) is 0 Å². The normalized spacial score (nSPS) is 18.9. The number of rotatable bonds is 5. The number of morpholine rings is 1. The van der Waals surface area contributed by atoms with Crippen LogP contribution in [0.3, 0.4) is 0 Å². The maximum absolute atomic E-state index is 11.8. The first-order valence-electron chi connectivity index (χ1n) is 5.48. The zero-order valence-corrected chi connectivity index (χ0v) is 9.02. The summed E-state index contributed by atoms with van der Waals surface area (Å²) in [4.78, 5) is 13.5. The molecule has 1 amide bonds. The van der Waals surface area contributed by atoms with Crippen LogP contribution in [-0.2, 0) is 9.53 Å². The first-order valence-corrected chi connectivity index (χ1v) is 5.48. The van der Waals surface area contributed by atoms with E-state index in [4.69, 9.17) is 15.6 Å². The molecule has 0 saturated carbocycles. The minimum Gasteiger partial charge on any atom is -0.396 e. The summed E-state index contributed by atoms with van der Waals surface area (Å²) in [6.45, 7) is 2.67. The van der Waals surface area contributed by atoms with Gasteiger partial charge in [0.25, 0.3) is 0 Å². The lowest BCUT2D eigenvalue weighted by atomic mass is 10.1. The monoisotopic (exact) mass is 216 g/mol. The number of unbranched alkanes of at least 4 members (excludes halogenated alkanes) is 1. The van der Waals surface area contributed by atoms with Gasteiger partial charge in [-0.15, -0.1) is 0 Å². The van der Waals surface area contributed by atoms with E-state index in [9.17, 15) is 4.79 Å². The molecule has 1 atom stereocenters. The van der Waals surface area contributed by atoms with Crippen molar-refractivity contribution in [2.24, 2.45) is 5.73 Å². The number of aliphatic hydroxyl groups is 1. The van der Waals surface area contributed by atoms with Crippen LogP contribution in [0.2, 0.25) is 0 Å². The van der Waals surface area contributed by atoms with Crippen LogP contribution in [0.15, 0.2) is 0 Å². The van der Waals surface area contributed by atoms with Crippen molar-refractivity contribution >= 4 is 5.91 Å². The van der Waals surface area contributed by atoms with Crippen LogP contribution < -0.4 is 5.73 Å². The molecule has 15 heavy (non-hydrogen) atoms. The van der Waals surface area contributed by atoms with E-state index in [1.165, 1.54) is 0 Å². The van der Waals surface area contributed by atoms with E-state index in [0.717, 1.165) is 6.42 Å². The molecular weight excluding hydrogens is 196 g/mol. The molecule has 1 saturated heterocycles. The third-order valence-corrected chi connectivity index (χ3v) is 2.56. The van der Waals surface area contributed by atoms with Crippen LogP contribution in [0.25, 0.3) is 0 Å². The molecule has 0 aromatic heterocycles. The van der Waals surface area contributed by atoms with E-state index < -0.39 is 6.04 Å². The summed E-state index contributed by atoms with van der Waals surface area (Å²) in [6.07, 6.45) is 2.16. The number of carbonyl (C=O) groups excluding carboxylic acids is 1. The minimum absolute atomic E-state index is 0.0104. The molecule has 1 aliphatic heterocycles. The number of amides is 1. The molecule has 0 aliphatic carbocycles. The fourth-order valence-electron chi connectivity index (χ4n) is 1.62. The molecule has 5 nitrogen and oxygen atoms in total. The van der Waals surface area contributed by atoms with Gasteiger partial charge in [0.05, 0.1) is 19.3 Å². The molecular formula is C10H20N2O3. The number of nitrogens with two attached hydrogens (primary N) is 1. The van der Waals surface area contributed by atoms with E-state index in [1.807, 2.05) is 0 Å². The van der Waals surface area contributed by atoms with Gasteiger partial charge >= 0.3 is 0 Å². The standard InChI is InChI=1S/C10H20N2O3/c11-9(3-1-2-6-13)10(14)12-4-7-15-8-5-12/h9,13H,1-8,11H2. The molecule has 1 unspecified atom stereocenters. The Bertz CT molecular complexity index is 193. The Hall–Kier alpha value is -0.650. The highest BCUT2D eigenvalue weighted by Gasteiger charge is 2.22. The van der Waals surface area contributed by atoms with Gasteiger partial charge in [0.1, 0.15) is 0 Å². The van der Waals surface area contributed by atoms with E-state index in [0.29, 0.717) is 39.1 Å². The van der Waals surface area contributed by atoms with Crippen LogP contribution in [0, 0.1) is 0 Å². The smallest absolute Gasteiger partial charge is 0.239 e. The molecule has 5 heteroatoms. The summed E-state index contributed by atoms with van der Waals surface area (Å²) < 4.78 is 5.16. The lowest BCUT2D eigenvalue weighted by Gasteiger charge is -2.29. The van der Waals surface area contributed by atoms with Crippen molar-refractivity contribution in [2.45, 2.75) is 25.3 Å². The van der Waals surface area contributed by atoms with Crippen LogP contribution in [0.4, 0.5) is 0 Å². The number of aliphatic hydroxyl groups excluding tert-OH is 1. The van der Waals surface area contributed by atoms with Crippen molar-refractivity contribution in [2.75, 3.05) is 32.9 Å². The zero-order chi connectivity index (χ0) is 11.1. The van der Waals surface area contributed by atoms with Crippen molar-refractivity contribution in [1.82, 2.24) is 4.90 Å². The van der Waals surface area contributed by atoms with Gasteiger partial charge in [-0.05, 0) is 19.3 Å². The van der Waals surface area contributed by atoms with E-state index in [1.54, 1.807) is 4.90 Å². The van der Waals surface area contributed by atoms with E-state index >= 15 is 0 Å². The van der Waals surface area contributed by atoms with Crippen LogP contribution in [-0.4, -0.2) is 54.9 Å². The van der Waals surface area contributed by atoms with Crippen molar-refractivity contribution in [3.8, 4) is 0 Å².